The third kappa shape index (κ3) is 2.21. The van der Waals surface area contributed by atoms with Crippen molar-refractivity contribution in [2.75, 3.05) is 0 Å². The predicted octanol–water partition coefficient (Wildman–Crippen LogP) is 3.95. The van der Waals surface area contributed by atoms with Crippen LogP contribution in [0, 0.1) is 5.92 Å². The van der Waals surface area contributed by atoms with Crippen LogP contribution >= 0.6 is 11.3 Å². The molecule has 1 nitrogen and oxygen atoms in total. The minimum Gasteiger partial charge on any atom is -0.324 e. The van der Waals surface area contributed by atoms with Gasteiger partial charge >= 0.3 is 0 Å². The maximum absolute atomic E-state index is 6.21. The van der Waals surface area contributed by atoms with Gasteiger partial charge < -0.3 is 5.73 Å². The maximum atomic E-state index is 6.21. The highest BCUT2D eigenvalue weighted by molar-refractivity contribution is 7.17. The third-order valence-electron chi connectivity index (χ3n) is 2.64. The number of hydrogen-bond donors (Lipinski definition) is 1. The monoisotopic (exact) mass is 219 g/mol. The lowest BCUT2D eigenvalue weighted by atomic mass is 9.97. The summed E-state index contributed by atoms with van der Waals surface area (Å²) < 4.78 is 1.34. The quantitative estimate of drug-likeness (QED) is 0.831. The molecule has 1 aromatic heterocycles. The van der Waals surface area contributed by atoms with Crippen LogP contribution in [0.1, 0.15) is 31.9 Å². The fourth-order valence-electron chi connectivity index (χ4n) is 1.92. The highest BCUT2D eigenvalue weighted by Crippen LogP contribution is 2.31. The van der Waals surface area contributed by atoms with Crippen molar-refractivity contribution in [3.8, 4) is 0 Å². The van der Waals surface area contributed by atoms with E-state index in [1.165, 1.54) is 15.6 Å². The number of nitrogens with two attached hydrogens (primary N) is 1. The minimum absolute atomic E-state index is 0.182. The first-order valence-electron chi connectivity index (χ1n) is 5.40. The Labute approximate surface area is 94.9 Å². The number of hydrogen-bond acceptors (Lipinski definition) is 2. The summed E-state index contributed by atoms with van der Waals surface area (Å²) in [4.78, 5) is 0. The molecule has 0 bridgehead atoms. The van der Waals surface area contributed by atoms with Crippen LogP contribution in [-0.4, -0.2) is 0 Å². The second-order valence-electron chi connectivity index (χ2n) is 4.42. The topological polar surface area (TPSA) is 26.0 Å². The highest BCUT2D eigenvalue weighted by atomic mass is 32.1. The summed E-state index contributed by atoms with van der Waals surface area (Å²) in [6.45, 7) is 4.43. The van der Waals surface area contributed by atoms with Crippen LogP contribution in [-0.2, 0) is 0 Å². The summed E-state index contributed by atoms with van der Waals surface area (Å²) in [6.07, 6.45) is 1.06. The highest BCUT2D eigenvalue weighted by Gasteiger charge is 2.12. The van der Waals surface area contributed by atoms with Gasteiger partial charge in [-0.3, -0.25) is 0 Å². The van der Waals surface area contributed by atoms with Crippen molar-refractivity contribution in [3.63, 3.8) is 0 Å². The van der Waals surface area contributed by atoms with E-state index in [1.807, 2.05) is 0 Å². The molecule has 2 heteroatoms. The van der Waals surface area contributed by atoms with Gasteiger partial charge in [0.25, 0.3) is 0 Å². The molecule has 1 aromatic carbocycles. The van der Waals surface area contributed by atoms with Crippen LogP contribution in [0.25, 0.3) is 10.1 Å². The fourth-order valence-corrected chi connectivity index (χ4v) is 2.95. The smallest absolute Gasteiger partial charge is 0.0346 e. The van der Waals surface area contributed by atoms with Crippen molar-refractivity contribution in [3.05, 3.63) is 35.2 Å². The van der Waals surface area contributed by atoms with Crippen LogP contribution in [0.5, 0.6) is 0 Å². The van der Waals surface area contributed by atoms with E-state index in [4.69, 9.17) is 5.73 Å². The van der Waals surface area contributed by atoms with Crippen molar-refractivity contribution in [2.24, 2.45) is 11.7 Å². The molecule has 2 N–H and O–H groups in total. The van der Waals surface area contributed by atoms with E-state index in [-0.39, 0.29) is 6.04 Å². The molecular formula is C13H17NS. The van der Waals surface area contributed by atoms with Crippen molar-refractivity contribution >= 4 is 21.4 Å². The largest absolute Gasteiger partial charge is 0.324 e. The van der Waals surface area contributed by atoms with E-state index in [2.05, 4.69) is 43.5 Å². The Balaban J connectivity index is 2.35. The van der Waals surface area contributed by atoms with Gasteiger partial charge in [0.1, 0.15) is 0 Å². The lowest BCUT2D eigenvalue weighted by Gasteiger charge is -2.13. The van der Waals surface area contributed by atoms with Gasteiger partial charge in [-0.15, -0.1) is 11.3 Å². The summed E-state index contributed by atoms with van der Waals surface area (Å²) in [5.41, 5.74) is 7.52. The van der Waals surface area contributed by atoms with E-state index in [1.54, 1.807) is 11.3 Å². The molecule has 0 amide bonds. The van der Waals surface area contributed by atoms with Crippen LogP contribution in [0.15, 0.2) is 29.6 Å². The first-order valence-corrected chi connectivity index (χ1v) is 6.28. The molecule has 0 radical (unpaired) electrons. The summed E-state index contributed by atoms with van der Waals surface area (Å²) in [5, 5.41) is 3.54. The molecule has 0 fully saturated rings. The Kier molecular flexibility index (Phi) is 3.08. The second kappa shape index (κ2) is 4.33. The summed E-state index contributed by atoms with van der Waals surface area (Å²) >= 11 is 1.79. The predicted molar refractivity (Wildman–Crippen MR) is 68.2 cm³/mol. The molecule has 1 atom stereocenters. The van der Waals surface area contributed by atoms with Crippen LogP contribution in [0.4, 0.5) is 0 Å². The minimum atomic E-state index is 0.182. The van der Waals surface area contributed by atoms with Crippen molar-refractivity contribution < 1.29 is 0 Å². The normalized spacial score (nSPS) is 13.6. The molecule has 0 aliphatic carbocycles. The number of thiophene rings is 1. The van der Waals surface area contributed by atoms with Crippen LogP contribution < -0.4 is 5.73 Å². The van der Waals surface area contributed by atoms with Crippen molar-refractivity contribution in [1.29, 1.82) is 0 Å². The Bertz CT molecular complexity index is 444. The van der Waals surface area contributed by atoms with Crippen LogP contribution in [0.2, 0.25) is 0 Å². The van der Waals surface area contributed by atoms with Gasteiger partial charge in [0.2, 0.25) is 0 Å². The number of rotatable bonds is 3. The molecule has 0 unspecified atom stereocenters. The third-order valence-corrected chi connectivity index (χ3v) is 3.62. The molecule has 0 aliphatic heterocycles. The Morgan fingerprint density at radius 1 is 1.27 bits per heavy atom. The van der Waals surface area contributed by atoms with Gasteiger partial charge in [-0.2, -0.15) is 0 Å². The zero-order valence-electron chi connectivity index (χ0n) is 9.23. The van der Waals surface area contributed by atoms with Crippen LogP contribution in [0.3, 0.4) is 0 Å². The van der Waals surface area contributed by atoms with E-state index in [0.717, 1.165) is 6.42 Å². The van der Waals surface area contributed by atoms with E-state index in [9.17, 15) is 0 Å². The molecule has 0 saturated heterocycles. The van der Waals surface area contributed by atoms with Gasteiger partial charge in [-0.25, -0.2) is 0 Å². The first kappa shape index (κ1) is 10.7. The number of benzene rings is 1. The van der Waals surface area contributed by atoms with Gasteiger partial charge in [-0.05, 0) is 34.7 Å². The van der Waals surface area contributed by atoms with Gasteiger partial charge in [0.05, 0.1) is 0 Å². The molecule has 0 saturated carbocycles. The standard InChI is InChI=1S/C13H17NS/c1-9(2)7-12(14)11-8-15-13-6-4-3-5-10(11)13/h3-6,8-9,12H,7,14H2,1-2H3/t12-/m0/s1. The fraction of sp³-hybridized carbons (Fsp3) is 0.385. The summed E-state index contributed by atoms with van der Waals surface area (Å²) in [7, 11) is 0. The molecule has 0 aliphatic rings. The molecule has 15 heavy (non-hydrogen) atoms. The lowest BCUT2D eigenvalue weighted by molar-refractivity contribution is 0.512. The molecular weight excluding hydrogens is 202 g/mol. The lowest BCUT2D eigenvalue weighted by Crippen LogP contribution is -2.12. The SMILES string of the molecule is CC(C)C[C@H](N)c1csc2ccccc12. The molecule has 1 heterocycles. The van der Waals surface area contributed by atoms with Gasteiger partial charge in [0, 0.05) is 10.7 Å². The van der Waals surface area contributed by atoms with E-state index >= 15 is 0 Å². The number of fused-ring (bicyclic) bond motifs is 1. The molecule has 0 spiro atoms. The van der Waals surface area contributed by atoms with E-state index in [0.29, 0.717) is 5.92 Å². The average Bonchev–Trinajstić information content (AvgIpc) is 2.59. The van der Waals surface area contributed by atoms with E-state index < -0.39 is 0 Å². The average molecular weight is 219 g/mol. The first-order chi connectivity index (χ1) is 7.18. The zero-order valence-corrected chi connectivity index (χ0v) is 10.1. The zero-order chi connectivity index (χ0) is 10.8. The van der Waals surface area contributed by atoms with Crippen molar-refractivity contribution in [2.45, 2.75) is 26.3 Å². The molecule has 2 rings (SSSR count). The van der Waals surface area contributed by atoms with Gasteiger partial charge in [-0.1, -0.05) is 32.0 Å². The summed E-state index contributed by atoms with van der Waals surface area (Å²) in [6, 6.07) is 8.67. The summed E-state index contributed by atoms with van der Waals surface area (Å²) in [5.74, 6) is 0.652. The molecule has 2 aromatic rings. The Morgan fingerprint density at radius 3 is 2.73 bits per heavy atom. The second-order valence-corrected chi connectivity index (χ2v) is 5.33. The molecule has 80 valence electrons. The Hall–Kier alpha value is -0.860. The van der Waals surface area contributed by atoms with Crippen molar-refractivity contribution in [1.82, 2.24) is 0 Å². The van der Waals surface area contributed by atoms with Gasteiger partial charge in [0.15, 0.2) is 0 Å². The Morgan fingerprint density at radius 2 is 2.00 bits per heavy atom. The maximum Gasteiger partial charge on any atom is 0.0346 e.